The lowest BCUT2D eigenvalue weighted by Crippen LogP contribution is -2.49. The first-order valence-corrected chi connectivity index (χ1v) is 13.2. The number of hydrogen-bond donors (Lipinski definition) is 3. The molecule has 0 radical (unpaired) electrons. The molecule has 198 valence electrons. The molecule has 3 N–H and O–H groups in total. The summed E-state index contributed by atoms with van der Waals surface area (Å²) in [7, 11) is 0. The Morgan fingerprint density at radius 2 is 1.81 bits per heavy atom. The van der Waals surface area contributed by atoms with Crippen LogP contribution in [0, 0.1) is 0 Å². The van der Waals surface area contributed by atoms with Crippen LogP contribution in [0.1, 0.15) is 42.1 Å². The Hall–Kier alpha value is -2.72. The zero-order valence-electron chi connectivity index (χ0n) is 20.6. The van der Waals surface area contributed by atoms with Crippen LogP contribution in [0.4, 0.5) is 5.69 Å². The molecule has 2 amide bonds. The molecule has 3 atom stereocenters. The molecule has 2 aliphatic heterocycles. The number of halogens is 2. The van der Waals surface area contributed by atoms with Crippen LogP contribution < -0.4 is 16.0 Å². The highest BCUT2D eigenvalue weighted by Gasteiger charge is 2.35. The molecule has 11 heteroatoms. The van der Waals surface area contributed by atoms with E-state index in [0.717, 1.165) is 31.6 Å². The van der Waals surface area contributed by atoms with Crippen molar-refractivity contribution in [3.8, 4) is 0 Å². The van der Waals surface area contributed by atoms with E-state index in [1.54, 1.807) is 31.2 Å². The van der Waals surface area contributed by atoms with Gasteiger partial charge < -0.3 is 20.7 Å². The van der Waals surface area contributed by atoms with Crippen LogP contribution in [0.15, 0.2) is 36.7 Å². The Kier molecular flexibility index (Phi) is 9.37. The number of pyridine rings is 1. The smallest absolute Gasteiger partial charge is 0.328 e. The van der Waals surface area contributed by atoms with Gasteiger partial charge in [-0.15, -0.1) is 0 Å². The van der Waals surface area contributed by atoms with E-state index in [0.29, 0.717) is 11.7 Å². The topological polar surface area (TPSA) is 113 Å². The second-order valence-electron chi connectivity index (χ2n) is 9.24. The van der Waals surface area contributed by atoms with E-state index in [9.17, 15) is 14.4 Å². The van der Waals surface area contributed by atoms with Crippen molar-refractivity contribution in [2.24, 2.45) is 0 Å². The standard InChI is InChI=1S/C26H31Cl2N5O4/c1-2-37-26(36)22(32-24(34)21-12-18(13-30-21)33-9-3-4-10-33)11-16-5-7-17(8-6-16)31-25(35)23-19(27)14-29-15-20(23)28/h5-8,14-15,18,21-22,30H,2-4,9-13H2,1H3,(H,31,35)(H,32,34)/t18-,21+,22+/m1/s1. The van der Waals surface area contributed by atoms with Crippen molar-refractivity contribution < 1.29 is 19.1 Å². The summed E-state index contributed by atoms with van der Waals surface area (Å²) in [5, 5.41) is 9.24. The molecule has 1 aromatic heterocycles. The highest BCUT2D eigenvalue weighted by Crippen LogP contribution is 2.24. The third-order valence-electron chi connectivity index (χ3n) is 6.70. The van der Waals surface area contributed by atoms with Gasteiger partial charge in [0.2, 0.25) is 5.91 Å². The Labute approximate surface area is 226 Å². The summed E-state index contributed by atoms with van der Waals surface area (Å²) in [6.07, 6.45) is 6.08. The largest absolute Gasteiger partial charge is 0.464 e. The maximum absolute atomic E-state index is 13.0. The molecule has 0 saturated carbocycles. The second kappa shape index (κ2) is 12.7. The number of nitrogens with zero attached hydrogens (tertiary/aromatic N) is 2. The molecular formula is C26H31Cl2N5O4. The predicted octanol–water partition coefficient (Wildman–Crippen LogP) is 3.06. The van der Waals surface area contributed by atoms with Gasteiger partial charge in [0.15, 0.2) is 0 Å². The molecule has 2 aliphatic rings. The normalized spacial score (nSPS) is 20.4. The van der Waals surface area contributed by atoms with Crippen molar-refractivity contribution in [1.82, 2.24) is 20.5 Å². The van der Waals surface area contributed by atoms with Crippen molar-refractivity contribution in [2.75, 3.05) is 31.6 Å². The monoisotopic (exact) mass is 547 g/mol. The lowest BCUT2D eigenvalue weighted by atomic mass is 10.0. The van der Waals surface area contributed by atoms with Gasteiger partial charge in [0.1, 0.15) is 6.04 Å². The van der Waals surface area contributed by atoms with Crippen LogP contribution in [0.25, 0.3) is 0 Å². The molecule has 9 nitrogen and oxygen atoms in total. The molecule has 3 heterocycles. The summed E-state index contributed by atoms with van der Waals surface area (Å²) >= 11 is 12.1. The Balaban J connectivity index is 1.37. The van der Waals surface area contributed by atoms with Crippen LogP contribution in [0.5, 0.6) is 0 Å². The Bertz CT molecular complexity index is 1100. The van der Waals surface area contributed by atoms with E-state index in [2.05, 4.69) is 25.8 Å². The fourth-order valence-electron chi connectivity index (χ4n) is 4.79. The first-order valence-electron chi connectivity index (χ1n) is 12.5. The van der Waals surface area contributed by atoms with Crippen LogP contribution in [0.3, 0.4) is 0 Å². The van der Waals surface area contributed by atoms with Crippen LogP contribution >= 0.6 is 23.2 Å². The number of aromatic nitrogens is 1. The number of benzene rings is 1. The average molecular weight is 548 g/mol. The summed E-state index contributed by atoms with van der Waals surface area (Å²) < 4.78 is 5.22. The van der Waals surface area contributed by atoms with Crippen LogP contribution in [-0.4, -0.2) is 72.0 Å². The number of esters is 1. The molecule has 0 aliphatic carbocycles. The van der Waals surface area contributed by atoms with E-state index < -0.39 is 17.9 Å². The molecule has 0 unspecified atom stereocenters. The molecule has 1 aromatic carbocycles. The van der Waals surface area contributed by atoms with E-state index >= 15 is 0 Å². The fraction of sp³-hybridized carbons (Fsp3) is 0.462. The van der Waals surface area contributed by atoms with Gasteiger partial charge in [0.05, 0.1) is 28.3 Å². The highest BCUT2D eigenvalue weighted by molar-refractivity contribution is 6.40. The van der Waals surface area contributed by atoms with Crippen molar-refractivity contribution >= 4 is 46.7 Å². The highest BCUT2D eigenvalue weighted by atomic mass is 35.5. The summed E-state index contributed by atoms with van der Waals surface area (Å²) in [5.74, 6) is -1.14. The van der Waals surface area contributed by atoms with Gasteiger partial charge in [-0.1, -0.05) is 35.3 Å². The minimum Gasteiger partial charge on any atom is -0.464 e. The van der Waals surface area contributed by atoms with Crippen LogP contribution in [-0.2, 0) is 20.7 Å². The lowest BCUT2D eigenvalue weighted by molar-refractivity contribution is -0.147. The number of rotatable bonds is 9. The van der Waals surface area contributed by atoms with Gasteiger partial charge in [0.25, 0.3) is 5.91 Å². The van der Waals surface area contributed by atoms with E-state index in [4.69, 9.17) is 27.9 Å². The van der Waals surface area contributed by atoms with Gasteiger partial charge >= 0.3 is 5.97 Å². The molecule has 4 rings (SSSR count). The van der Waals surface area contributed by atoms with Gasteiger partial charge in [-0.05, 0) is 57.0 Å². The third kappa shape index (κ3) is 6.98. The second-order valence-corrected chi connectivity index (χ2v) is 10.1. The first-order chi connectivity index (χ1) is 17.9. The van der Waals surface area contributed by atoms with E-state index in [-0.39, 0.29) is 40.6 Å². The average Bonchev–Trinajstić information content (AvgIpc) is 3.57. The number of anilines is 1. The molecule has 2 saturated heterocycles. The number of nitrogens with one attached hydrogen (secondary N) is 3. The van der Waals surface area contributed by atoms with Crippen molar-refractivity contribution in [2.45, 2.75) is 50.7 Å². The molecular weight excluding hydrogens is 517 g/mol. The van der Waals surface area contributed by atoms with Gasteiger partial charge in [-0.3, -0.25) is 19.5 Å². The molecule has 2 aromatic rings. The number of ether oxygens (including phenoxy) is 1. The van der Waals surface area contributed by atoms with Crippen molar-refractivity contribution in [3.63, 3.8) is 0 Å². The zero-order valence-corrected chi connectivity index (χ0v) is 22.1. The predicted molar refractivity (Wildman–Crippen MR) is 142 cm³/mol. The molecule has 0 spiro atoms. The van der Waals surface area contributed by atoms with Gasteiger partial charge in [-0.25, -0.2) is 4.79 Å². The Morgan fingerprint density at radius 1 is 1.14 bits per heavy atom. The number of amides is 2. The fourth-order valence-corrected chi connectivity index (χ4v) is 5.33. The number of carbonyl (C=O) groups is 3. The molecule has 37 heavy (non-hydrogen) atoms. The van der Waals surface area contributed by atoms with Crippen LogP contribution in [0.2, 0.25) is 10.0 Å². The summed E-state index contributed by atoms with van der Waals surface area (Å²) in [5.41, 5.74) is 1.46. The summed E-state index contributed by atoms with van der Waals surface area (Å²) in [4.78, 5) is 44.5. The minimum atomic E-state index is -0.824. The molecule has 2 fully saturated rings. The maximum atomic E-state index is 13.0. The number of carbonyl (C=O) groups excluding carboxylic acids is 3. The quantitative estimate of drug-likeness (QED) is 0.413. The third-order valence-corrected chi connectivity index (χ3v) is 7.27. The van der Waals surface area contributed by atoms with Crippen molar-refractivity contribution in [1.29, 1.82) is 0 Å². The van der Waals surface area contributed by atoms with E-state index in [1.165, 1.54) is 25.2 Å². The summed E-state index contributed by atoms with van der Waals surface area (Å²) in [6.45, 7) is 4.87. The molecule has 0 bridgehead atoms. The number of hydrogen-bond acceptors (Lipinski definition) is 7. The maximum Gasteiger partial charge on any atom is 0.328 e. The van der Waals surface area contributed by atoms with Gasteiger partial charge in [-0.2, -0.15) is 0 Å². The van der Waals surface area contributed by atoms with Crippen molar-refractivity contribution in [3.05, 3.63) is 57.8 Å². The zero-order chi connectivity index (χ0) is 26.4. The number of likely N-dealkylation sites (tertiary alicyclic amines) is 1. The van der Waals surface area contributed by atoms with E-state index in [1.807, 2.05) is 0 Å². The lowest BCUT2D eigenvalue weighted by Gasteiger charge is -2.22. The Morgan fingerprint density at radius 3 is 2.46 bits per heavy atom. The summed E-state index contributed by atoms with van der Waals surface area (Å²) in [6, 6.07) is 6.15. The van der Waals surface area contributed by atoms with Gasteiger partial charge in [0, 0.05) is 37.1 Å². The first kappa shape index (κ1) is 27.3. The minimum absolute atomic E-state index is 0.139. The SMILES string of the molecule is CCOC(=O)[C@H](Cc1ccc(NC(=O)c2c(Cl)cncc2Cl)cc1)NC(=O)[C@@H]1C[C@@H](N2CCCC2)CN1.